The fraction of sp³-hybridized carbons (Fsp3) is 0.200. The number of benzene rings is 1. The summed E-state index contributed by atoms with van der Waals surface area (Å²) in [5.74, 6) is -1.17. The topological polar surface area (TPSA) is 93.4 Å². The van der Waals surface area contributed by atoms with Gasteiger partial charge in [-0.1, -0.05) is 6.07 Å². The number of sulfone groups is 1. The second kappa shape index (κ2) is 5.76. The maximum absolute atomic E-state index is 12.0. The van der Waals surface area contributed by atoms with Crippen LogP contribution in [0.4, 0.5) is 0 Å². The van der Waals surface area contributed by atoms with Gasteiger partial charge in [-0.2, -0.15) is 0 Å². The van der Waals surface area contributed by atoms with Crippen LogP contribution in [0.15, 0.2) is 46.3 Å². The normalized spacial score (nSPS) is 11.4. The van der Waals surface area contributed by atoms with Crippen LogP contribution in [0.2, 0.25) is 0 Å². The summed E-state index contributed by atoms with van der Waals surface area (Å²) in [6, 6.07) is 5.63. The molecular formula is C15H15NO5S. The number of carboxylic acids is 1. The largest absolute Gasteiger partial charge is 0.478 e. The Labute approximate surface area is 127 Å². The van der Waals surface area contributed by atoms with E-state index in [0.717, 1.165) is 6.26 Å². The number of hydrogen-bond acceptors (Lipinski definition) is 4. The monoisotopic (exact) mass is 321 g/mol. The van der Waals surface area contributed by atoms with Gasteiger partial charge in [-0.05, 0) is 24.1 Å². The molecule has 0 aliphatic carbocycles. The first-order valence-corrected chi connectivity index (χ1v) is 8.31. The highest BCUT2D eigenvalue weighted by Crippen LogP contribution is 2.24. The van der Waals surface area contributed by atoms with Crippen LogP contribution in [0, 0.1) is 6.92 Å². The van der Waals surface area contributed by atoms with Gasteiger partial charge in [0.25, 0.3) is 0 Å². The molecule has 0 unspecified atom stereocenters. The summed E-state index contributed by atoms with van der Waals surface area (Å²) in [7, 11) is -3.59. The fourth-order valence-corrected chi connectivity index (χ4v) is 3.64. The van der Waals surface area contributed by atoms with Gasteiger partial charge in [0, 0.05) is 37.3 Å². The van der Waals surface area contributed by atoms with Gasteiger partial charge in [-0.25, -0.2) is 13.2 Å². The average molecular weight is 321 g/mol. The van der Waals surface area contributed by atoms with E-state index in [0.29, 0.717) is 5.56 Å². The highest BCUT2D eigenvalue weighted by atomic mass is 32.2. The first-order chi connectivity index (χ1) is 10.2. The molecule has 0 spiro atoms. The Morgan fingerprint density at radius 1 is 1.18 bits per heavy atom. The van der Waals surface area contributed by atoms with Crippen molar-refractivity contribution in [2.24, 2.45) is 0 Å². The van der Waals surface area contributed by atoms with E-state index in [9.17, 15) is 18.0 Å². The number of carbonyl (C=O) groups is 1. The lowest BCUT2D eigenvalue weighted by atomic mass is 10.0. The number of carboxylic acid groups (broad SMARTS) is 1. The summed E-state index contributed by atoms with van der Waals surface area (Å²) in [5, 5.41) is 9.13. The molecule has 116 valence electrons. The zero-order valence-electron chi connectivity index (χ0n) is 12.1. The van der Waals surface area contributed by atoms with E-state index in [-0.39, 0.29) is 28.0 Å². The molecule has 0 fully saturated rings. The molecule has 1 aromatic heterocycles. The van der Waals surface area contributed by atoms with Gasteiger partial charge < -0.3 is 9.67 Å². The lowest BCUT2D eigenvalue weighted by molar-refractivity contribution is 0.0696. The van der Waals surface area contributed by atoms with Crippen LogP contribution in [0.5, 0.6) is 0 Å². The quantitative estimate of drug-likeness (QED) is 0.916. The molecule has 1 N–H and O–H groups in total. The molecule has 0 aliphatic heterocycles. The van der Waals surface area contributed by atoms with E-state index in [1.54, 1.807) is 17.0 Å². The molecule has 7 heteroatoms. The highest BCUT2D eigenvalue weighted by Gasteiger charge is 2.21. The van der Waals surface area contributed by atoms with Crippen LogP contribution < -0.4 is 5.43 Å². The maximum Gasteiger partial charge on any atom is 0.335 e. The Balaban J connectivity index is 2.61. The van der Waals surface area contributed by atoms with Gasteiger partial charge >= 0.3 is 5.97 Å². The predicted octanol–water partition coefficient (Wildman–Crippen LogP) is 1.31. The van der Waals surface area contributed by atoms with Crippen LogP contribution in [0.1, 0.15) is 21.5 Å². The molecule has 0 radical (unpaired) electrons. The Bertz CT molecular complexity index is 876. The summed E-state index contributed by atoms with van der Waals surface area (Å²) in [5.41, 5.74) is 0.517. The van der Waals surface area contributed by atoms with Crippen molar-refractivity contribution >= 4 is 15.8 Å². The van der Waals surface area contributed by atoms with E-state index < -0.39 is 15.8 Å². The third kappa shape index (κ3) is 3.25. The molecule has 0 bridgehead atoms. The third-order valence-corrected chi connectivity index (χ3v) is 4.61. The number of pyridine rings is 1. The van der Waals surface area contributed by atoms with Gasteiger partial charge in [-0.3, -0.25) is 4.79 Å². The molecule has 2 rings (SSSR count). The van der Waals surface area contributed by atoms with Crippen molar-refractivity contribution < 1.29 is 18.3 Å². The average Bonchev–Trinajstić information content (AvgIpc) is 2.39. The molecule has 0 aliphatic rings. The number of aromatic nitrogens is 1. The van der Waals surface area contributed by atoms with E-state index in [1.165, 1.54) is 31.2 Å². The van der Waals surface area contributed by atoms with Gasteiger partial charge in [0.1, 0.15) is 0 Å². The second-order valence-corrected chi connectivity index (χ2v) is 6.96. The van der Waals surface area contributed by atoms with Crippen LogP contribution in [-0.4, -0.2) is 30.3 Å². The molecule has 6 nitrogen and oxygen atoms in total. The van der Waals surface area contributed by atoms with Crippen molar-refractivity contribution in [2.75, 3.05) is 6.26 Å². The van der Waals surface area contributed by atoms with Gasteiger partial charge in [0.05, 0.1) is 10.5 Å². The van der Waals surface area contributed by atoms with Crippen molar-refractivity contribution in [3.05, 3.63) is 63.6 Å². The highest BCUT2D eigenvalue weighted by molar-refractivity contribution is 7.90. The summed E-state index contributed by atoms with van der Waals surface area (Å²) >= 11 is 0. The third-order valence-electron chi connectivity index (χ3n) is 3.30. The Hall–Kier alpha value is -2.41. The molecule has 1 aromatic carbocycles. The van der Waals surface area contributed by atoms with Gasteiger partial charge in [0.2, 0.25) is 0 Å². The van der Waals surface area contributed by atoms with Crippen molar-refractivity contribution in [1.82, 2.24) is 4.57 Å². The van der Waals surface area contributed by atoms with Crippen LogP contribution in [-0.2, 0) is 16.4 Å². The summed E-state index contributed by atoms with van der Waals surface area (Å²) < 4.78 is 25.7. The van der Waals surface area contributed by atoms with Crippen molar-refractivity contribution in [1.29, 1.82) is 0 Å². The zero-order valence-corrected chi connectivity index (χ0v) is 12.9. The lowest BCUT2D eigenvalue weighted by Gasteiger charge is -2.14. The number of hydrogen-bond donors (Lipinski definition) is 1. The van der Waals surface area contributed by atoms with Gasteiger partial charge in [-0.15, -0.1) is 0 Å². The summed E-state index contributed by atoms with van der Waals surface area (Å²) in [4.78, 5) is 22.3. The Morgan fingerprint density at radius 3 is 2.27 bits per heavy atom. The minimum absolute atomic E-state index is 0.0195. The summed E-state index contributed by atoms with van der Waals surface area (Å²) in [6.45, 7) is 1.71. The molecule has 0 saturated carbocycles. The van der Waals surface area contributed by atoms with Crippen LogP contribution >= 0.6 is 0 Å². The number of rotatable bonds is 4. The predicted molar refractivity (Wildman–Crippen MR) is 81.1 cm³/mol. The smallest absolute Gasteiger partial charge is 0.335 e. The Morgan fingerprint density at radius 2 is 1.77 bits per heavy atom. The van der Waals surface area contributed by atoms with Crippen LogP contribution in [0.25, 0.3) is 0 Å². The maximum atomic E-state index is 12.0. The molecule has 1 heterocycles. The molecule has 0 atom stereocenters. The number of aromatic carboxylic acids is 1. The number of nitrogens with zero attached hydrogens (tertiary/aromatic N) is 1. The fourth-order valence-electron chi connectivity index (χ4n) is 2.37. The minimum Gasteiger partial charge on any atom is -0.478 e. The SMILES string of the molecule is Cc1c(C(=O)O)ccc(Cn2ccc(=O)cc2)c1S(C)(=O)=O. The zero-order chi connectivity index (χ0) is 16.5. The minimum atomic E-state index is -3.59. The Kier molecular flexibility index (Phi) is 4.18. The van der Waals surface area contributed by atoms with Crippen molar-refractivity contribution in [3.63, 3.8) is 0 Å². The molecule has 0 amide bonds. The molecular weight excluding hydrogens is 306 g/mol. The lowest BCUT2D eigenvalue weighted by Crippen LogP contribution is -2.13. The van der Waals surface area contributed by atoms with E-state index in [2.05, 4.69) is 0 Å². The van der Waals surface area contributed by atoms with Crippen molar-refractivity contribution in [3.8, 4) is 0 Å². The first kappa shape index (κ1) is 16.0. The molecule has 22 heavy (non-hydrogen) atoms. The van der Waals surface area contributed by atoms with Crippen LogP contribution in [0.3, 0.4) is 0 Å². The van der Waals surface area contributed by atoms with Gasteiger partial charge in [0.15, 0.2) is 15.3 Å². The molecule has 2 aromatic rings. The molecule has 0 saturated heterocycles. The summed E-state index contributed by atoms with van der Waals surface area (Å²) in [6.07, 6.45) is 4.15. The van der Waals surface area contributed by atoms with E-state index in [1.807, 2.05) is 0 Å². The van der Waals surface area contributed by atoms with Crippen molar-refractivity contribution in [2.45, 2.75) is 18.4 Å². The van der Waals surface area contributed by atoms with E-state index >= 15 is 0 Å². The standard InChI is InChI=1S/C15H15NO5S/c1-10-13(15(18)19)4-3-11(14(10)22(2,20)21)9-16-7-5-12(17)6-8-16/h3-8H,9H2,1-2H3,(H,18,19). The van der Waals surface area contributed by atoms with E-state index in [4.69, 9.17) is 5.11 Å². The first-order valence-electron chi connectivity index (χ1n) is 6.42. The second-order valence-electron chi connectivity index (χ2n) is 5.01.